The van der Waals surface area contributed by atoms with Crippen molar-refractivity contribution in [2.75, 3.05) is 5.32 Å². The zero-order valence-corrected chi connectivity index (χ0v) is 20.3. The summed E-state index contributed by atoms with van der Waals surface area (Å²) < 4.78 is 39.1. The molecule has 188 valence electrons. The third-order valence-corrected chi connectivity index (χ3v) is 6.73. The Hall–Kier alpha value is -3.97. The topological polar surface area (TPSA) is 54.0 Å². The molecular weight excluding hydrogens is 475 g/mol. The van der Waals surface area contributed by atoms with Gasteiger partial charge in [0.05, 0.1) is 5.56 Å². The number of nitrogens with one attached hydrogen (secondary N) is 2. The molecule has 5 rings (SSSR count). The van der Waals surface area contributed by atoms with Gasteiger partial charge < -0.3 is 10.6 Å². The number of hydrogen-bond donors (Lipinski definition) is 2. The van der Waals surface area contributed by atoms with Crippen molar-refractivity contribution < 1.29 is 18.0 Å². The van der Waals surface area contributed by atoms with Gasteiger partial charge in [0.1, 0.15) is 0 Å². The van der Waals surface area contributed by atoms with Gasteiger partial charge >= 0.3 is 6.18 Å². The van der Waals surface area contributed by atoms with Crippen LogP contribution in [0.5, 0.6) is 0 Å². The lowest BCUT2D eigenvalue weighted by molar-refractivity contribution is -0.137. The number of hydrogen-bond acceptors (Lipinski definition) is 3. The van der Waals surface area contributed by atoms with E-state index in [1.54, 1.807) is 18.3 Å². The fraction of sp³-hybridized carbons (Fsp3) is 0.200. The molecule has 0 aliphatic heterocycles. The summed E-state index contributed by atoms with van der Waals surface area (Å²) in [4.78, 5) is 17.5. The maximum absolute atomic E-state index is 13.3. The van der Waals surface area contributed by atoms with E-state index >= 15 is 0 Å². The van der Waals surface area contributed by atoms with Crippen LogP contribution < -0.4 is 10.6 Å². The molecule has 1 amide bonds. The zero-order valence-electron chi connectivity index (χ0n) is 20.3. The molecule has 4 aromatic rings. The highest BCUT2D eigenvalue weighted by Crippen LogP contribution is 2.34. The van der Waals surface area contributed by atoms with E-state index in [-0.39, 0.29) is 5.91 Å². The Morgan fingerprint density at radius 2 is 1.76 bits per heavy atom. The molecule has 0 radical (unpaired) electrons. The van der Waals surface area contributed by atoms with Gasteiger partial charge in [-0.05, 0) is 89.5 Å². The second-order valence-corrected chi connectivity index (χ2v) is 9.36. The molecule has 0 saturated heterocycles. The fourth-order valence-corrected chi connectivity index (χ4v) is 4.87. The van der Waals surface area contributed by atoms with Gasteiger partial charge in [-0.1, -0.05) is 36.4 Å². The number of aryl methyl sites for hydroxylation is 1. The smallest absolute Gasteiger partial charge is 0.322 e. The van der Waals surface area contributed by atoms with Crippen molar-refractivity contribution >= 4 is 11.6 Å². The number of benzene rings is 3. The first-order valence-electron chi connectivity index (χ1n) is 12.1. The average molecular weight is 502 g/mol. The van der Waals surface area contributed by atoms with E-state index < -0.39 is 11.7 Å². The number of rotatable bonds is 6. The number of fused-ring (bicyclic) bond motifs is 1. The number of halogens is 3. The van der Waals surface area contributed by atoms with Crippen LogP contribution in [-0.2, 0) is 25.6 Å². The predicted octanol–water partition coefficient (Wildman–Crippen LogP) is 6.59. The number of carbonyl (C=O) groups excluding carboxylic acids is 1. The lowest BCUT2D eigenvalue weighted by Gasteiger charge is -2.15. The van der Waals surface area contributed by atoms with E-state index in [1.807, 2.05) is 49.5 Å². The summed E-state index contributed by atoms with van der Waals surface area (Å²) in [6.07, 6.45) is 0.979. The number of amides is 1. The minimum absolute atomic E-state index is 0.303. The van der Waals surface area contributed by atoms with Crippen LogP contribution in [-0.4, -0.2) is 16.9 Å². The van der Waals surface area contributed by atoms with Gasteiger partial charge in [0.25, 0.3) is 5.91 Å². The molecule has 2 N–H and O–H groups in total. The standard InChI is InChI=1S/C30H26F3N3O/c1-19-4-2-6-27(28(19)21-7-10-24(11-8-21)30(31,32)33)29(37)36-25-12-9-22-14-26(16-23(22)15-25)35-18-20-5-3-13-34-17-20/h2-13,15,17,26,35H,14,16,18H2,1H3,(H,36,37). The third kappa shape index (κ3) is 5.57. The van der Waals surface area contributed by atoms with Gasteiger partial charge in [0, 0.05) is 36.2 Å². The molecule has 1 aromatic heterocycles. The molecule has 37 heavy (non-hydrogen) atoms. The lowest BCUT2D eigenvalue weighted by Crippen LogP contribution is -2.28. The van der Waals surface area contributed by atoms with E-state index in [0.29, 0.717) is 28.4 Å². The molecule has 0 spiro atoms. The Bertz CT molecular complexity index is 1420. The summed E-state index contributed by atoms with van der Waals surface area (Å²) in [6.45, 7) is 2.59. The molecule has 0 bridgehead atoms. The summed E-state index contributed by atoms with van der Waals surface area (Å²) in [7, 11) is 0. The highest BCUT2D eigenvalue weighted by atomic mass is 19.4. The summed E-state index contributed by atoms with van der Waals surface area (Å²) >= 11 is 0. The van der Waals surface area contributed by atoms with Crippen molar-refractivity contribution in [3.63, 3.8) is 0 Å². The first-order valence-corrected chi connectivity index (χ1v) is 12.1. The third-order valence-electron chi connectivity index (χ3n) is 6.73. The number of alkyl halides is 3. The summed E-state index contributed by atoms with van der Waals surface area (Å²) in [5, 5.41) is 6.56. The molecule has 7 heteroatoms. The zero-order chi connectivity index (χ0) is 26.0. The number of pyridine rings is 1. The Kier molecular flexibility index (Phi) is 6.80. The highest BCUT2D eigenvalue weighted by molar-refractivity contribution is 6.09. The van der Waals surface area contributed by atoms with Crippen LogP contribution in [0.3, 0.4) is 0 Å². The van der Waals surface area contributed by atoms with Crippen molar-refractivity contribution in [2.24, 2.45) is 0 Å². The SMILES string of the molecule is Cc1cccc(C(=O)Nc2ccc3c(c2)CC(NCc2cccnc2)C3)c1-c1ccc(C(F)(F)F)cc1. The van der Waals surface area contributed by atoms with E-state index in [0.717, 1.165) is 42.6 Å². The molecule has 1 aliphatic rings. The number of nitrogens with zero attached hydrogens (tertiary/aromatic N) is 1. The van der Waals surface area contributed by atoms with Crippen molar-refractivity contribution in [1.82, 2.24) is 10.3 Å². The van der Waals surface area contributed by atoms with Crippen LogP contribution in [0, 0.1) is 6.92 Å². The summed E-state index contributed by atoms with van der Waals surface area (Å²) in [6, 6.07) is 20.5. The Morgan fingerprint density at radius 3 is 2.49 bits per heavy atom. The minimum Gasteiger partial charge on any atom is -0.322 e. The average Bonchev–Trinajstić information content (AvgIpc) is 3.30. The molecule has 4 nitrogen and oxygen atoms in total. The van der Waals surface area contributed by atoms with Crippen molar-refractivity contribution in [2.45, 2.75) is 38.5 Å². The van der Waals surface area contributed by atoms with Gasteiger partial charge in [-0.15, -0.1) is 0 Å². The minimum atomic E-state index is -4.41. The van der Waals surface area contributed by atoms with Gasteiger partial charge in [0.2, 0.25) is 0 Å². The normalized spacial score (nSPS) is 14.9. The largest absolute Gasteiger partial charge is 0.416 e. The highest BCUT2D eigenvalue weighted by Gasteiger charge is 2.30. The van der Waals surface area contributed by atoms with Crippen LogP contribution in [0.4, 0.5) is 18.9 Å². The molecule has 1 unspecified atom stereocenters. The first-order chi connectivity index (χ1) is 17.8. The Balaban J connectivity index is 1.31. The fourth-order valence-electron chi connectivity index (χ4n) is 4.87. The summed E-state index contributed by atoms with van der Waals surface area (Å²) in [5.41, 5.74) is 5.95. The summed E-state index contributed by atoms with van der Waals surface area (Å²) in [5.74, 6) is -0.303. The second kappa shape index (κ2) is 10.2. The predicted molar refractivity (Wildman–Crippen MR) is 138 cm³/mol. The molecule has 1 atom stereocenters. The molecule has 1 aliphatic carbocycles. The maximum Gasteiger partial charge on any atom is 0.416 e. The monoisotopic (exact) mass is 501 g/mol. The van der Waals surface area contributed by atoms with E-state index in [4.69, 9.17) is 0 Å². The first kappa shape index (κ1) is 24.7. The van der Waals surface area contributed by atoms with E-state index in [1.165, 1.54) is 23.3 Å². The second-order valence-electron chi connectivity index (χ2n) is 9.36. The molecule has 0 saturated carbocycles. The maximum atomic E-state index is 13.3. The molecule has 1 heterocycles. The Labute approximate surface area is 213 Å². The lowest BCUT2D eigenvalue weighted by atomic mass is 9.93. The van der Waals surface area contributed by atoms with Gasteiger partial charge in [-0.3, -0.25) is 9.78 Å². The van der Waals surface area contributed by atoms with Crippen molar-refractivity contribution in [3.05, 3.63) is 119 Å². The van der Waals surface area contributed by atoms with Gasteiger partial charge in [-0.25, -0.2) is 0 Å². The molecule has 0 fully saturated rings. The van der Waals surface area contributed by atoms with E-state index in [2.05, 4.69) is 15.6 Å². The van der Waals surface area contributed by atoms with Crippen LogP contribution in [0.25, 0.3) is 11.1 Å². The van der Waals surface area contributed by atoms with Crippen LogP contribution >= 0.6 is 0 Å². The van der Waals surface area contributed by atoms with Crippen LogP contribution in [0.2, 0.25) is 0 Å². The van der Waals surface area contributed by atoms with Crippen molar-refractivity contribution in [1.29, 1.82) is 0 Å². The number of carbonyl (C=O) groups is 1. The van der Waals surface area contributed by atoms with Gasteiger partial charge in [-0.2, -0.15) is 13.2 Å². The van der Waals surface area contributed by atoms with E-state index in [9.17, 15) is 18.0 Å². The molecule has 3 aromatic carbocycles. The van der Waals surface area contributed by atoms with Crippen molar-refractivity contribution in [3.8, 4) is 11.1 Å². The number of anilines is 1. The Morgan fingerprint density at radius 1 is 0.973 bits per heavy atom. The van der Waals surface area contributed by atoms with Crippen LogP contribution in [0.15, 0.2) is 85.2 Å². The number of aromatic nitrogens is 1. The van der Waals surface area contributed by atoms with Gasteiger partial charge in [0.15, 0.2) is 0 Å². The quantitative estimate of drug-likeness (QED) is 0.314. The molecular formula is C30H26F3N3O. The van der Waals surface area contributed by atoms with Crippen LogP contribution in [0.1, 0.15) is 38.2 Å².